The van der Waals surface area contributed by atoms with Crippen LogP contribution in [0, 0.1) is 17.8 Å². The Morgan fingerprint density at radius 2 is 1.38 bits per heavy atom. The predicted octanol–water partition coefficient (Wildman–Crippen LogP) is -1.99. The van der Waals surface area contributed by atoms with E-state index in [0.29, 0.717) is 17.8 Å². The van der Waals surface area contributed by atoms with Crippen LogP contribution < -0.4 is 56.1 Å². The van der Waals surface area contributed by atoms with Gasteiger partial charge in [-0.15, -0.1) is 0 Å². The normalized spacial score (nSPS) is 45.4. The molecule has 86 valence electrons. The molecule has 4 aliphatic rings. The van der Waals surface area contributed by atoms with E-state index in [-0.39, 0.29) is 56.9 Å². The second-order valence-electron chi connectivity index (χ2n) is 5.75. The molecule has 0 amide bonds. The van der Waals surface area contributed by atoms with Crippen molar-refractivity contribution in [2.24, 2.45) is 17.8 Å². The Hall–Kier alpha value is 1.51. The van der Waals surface area contributed by atoms with Gasteiger partial charge in [-0.05, 0) is 56.3 Å². The van der Waals surface area contributed by atoms with Crippen LogP contribution in [0.5, 0.6) is 0 Å². The molecule has 4 rings (SSSR count). The number of rotatable bonds is 2. The van der Waals surface area contributed by atoms with Crippen LogP contribution in [0.1, 0.15) is 38.5 Å². The molecule has 0 aliphatic heterocycles. The van der Waals surface area contributed by atoms with Gasteiger partial charge < -0.3 is 4.55 Å². The molecule has 4 nitrogen and oxygen atoms in total. The quantitative estimate of drug-likeness (QED) is 0.466. The fourth-order valence-electron chi connectivity index (χ4n) is 4.50. The zero-order chi connectivity index (χ0) is 10.7. The molecule has 16 heavy (non-hydrogen) atoms. The van der Waals surface area contributed by atoms with Crippen LogP contribution in [0.25, 0.3) is 0 Å². The van der Waals surface area contributed by atoms with Gasteiger partial charge in [0, 0.05) is 5.54 Å². The van der Waals surface area contributed by atoms with Crippen molar-refractivity contribution >= 4 is 10.3 Å². The minimum atomic E-state index is -4.29. The molecule has 0 aromatic heterocycles. The Morgan fingerprint density at radius 1 is 1.00 bits per heavy atom. The van der Waals surface area contributed by atoms with E-state index < -0.39 is 10.3 Å². The Balaban J connectivity index is 0.000000963. The maximum Gasteiger partial charge on any atom is 1.00 e. The summed E-state index contributed by atoms with van der Waals surface area (Å²) in [6, 6.07) is 0. The SMILES string of the molecule is O=S(=O)([O-])NC12CC3CC(CC(C3)C1)C2.[K+]. The summed E-state index contributed by atoms with van der Waals surface area (Å²) in [5.74, 6) is 1.97. The van der Waals surface area contributed by atoms with Gasteiger partial charge in [0.05, 0.1) is 0 Å². The second kappa shape index (κ2) is 4.56. The van der Waals surface area contributed by atoms with Gasteiger partial charge >= 0.3 is 51.4 Å². The van der Waals surface area contributed by atoms with Crippen molar-refractivity contribution < 1.29 is 64.4 Å². The molecule has 4 aliphatic carbocycles. The molecule has 0 atom stereocenters. The van der Waals surface area contributed by atoms with Crippen molar-refractivity contribution in [2.45, 2.75) is 44.1 Å². The summed E-state index contributed by atoms with van der Waals surface area (Å²) in [6.07, 6.45) is 6.42. The summed E-state index contributed by atoms with van der Waals surface area (Å²) in [5, 5.41) is 0. The average molecular weight is 269 g/mol. The molecule has 0 radical (unpaired) electrons. The second-order valence-corrected chi connectivity index (χ2v) is 6.87. The number of hydrogen-bond donors (Lipinski definition) is 1. The first-order valence-corrected chi connectivity index (χ1v) is 7.10. The van der Waals surface area contributed by atoms with Crippen LogP contribution >= 0.6 is 0 Å². The fourth-order valence-corrected chi connectivity index (χ4v) is 5.28. The molecule has 0 unspecified atom stereocenters. The van der Waals surface area contributed by atoms with E-state index in [1.54, 1.807) is 0 Å². The zero-order valence-corrected chi connectivity index (χ0v) is 13.5. The van der Waals surface area contributed by atoms with Crippen LogP contribution in [0.15, 0.2) is 0 Å². The summed E-state index contributed by atoms with van der Waals surface area (Å²) in [4.78, 5) is 0. The van der Waals surface area contributed by atoms with Crippen LogP contribution in [-0.4, -0.2) is 18.5 Å². The first kappa shape index (κ1) is 13.9. The Kier molecular flexibility index (Phi) is 3.97. The van der Waals surface area contributed by atoms with Crippen molar-refractivity contribution in [3.8, 4) is 0 Å². The van der Waals surface area contributed by atoms with Crippen molar-refractivity contribution in [3.05, 3.63) is 0 Å². The van der Waals surface area contributed by atoms with Crippen molar-refractivity contribution in [2.75, 3.05) is 0 Å². The fraction of sp³-hybridized carbons (Fsp3) is 1.00. The topological polar surface area (TPSA) is 69.2 Å². The van der Waals surface area contributed by atoms with Gasteiger partial charge in [-0.2, -0.15) is 0 Å². The Bertz CT molecular complexity index is 346. The van der Waals surface area contributed by atoms with Gasteiger partial charge in [-0.25, -0.2) is 13.1 Å². The largest absolute Gasteiger partial charge is 1.00 e. The van der Waals surface area contributed by atoms with E-state index in [4.69, 9.17) is 0 Å². The van der Waals surface area contributed by atoms with Gasteiger partial charge in [0.15, 0.2) is 10.3 Å². The molecule has 0 aromatic carbocycles. The van der Waals surface area contributed by atoms with E-state index in [0.717, 1.165) is 19.3 Å². The standard InChI is InChI=1S/C10H17NO3S.K/c12-15(13,14)11-10-4-7-1-8(5-10)3-9(2-7)6-10;/h7-9,11H,1-6H2,(H,12,13,14);/q;+1/p-1. The van der Waals surface area contributed by atoms with Crippen LogP contribution in [-0.2, 0) is 10.3 Å². The third kappa shape index (κ3) is 2.74. The molecule has 6 heteroatoms. The van der Waals surface area contributed by atoms with E-state index >= 15 is 0 Å². The van der Waals surface area contributed by atoms with Gasteiger partial charge in [-0.1, -0.05) is 0 Å². The molecule has 4 bridgehead atoms. The van der Waals surface area contributed by atoms with Crippen LogP contribution in [0.2, 0.25) is 0 Å². The number of nitrogens with one attached hydrogen (secondary N) is 1. The number of hydrogen-bond acceptors (Lipinski definition) is 3. The Labute approximate surface area is 139 Å². The Morgan fingerprint density at radius 3 is 1.69 bits per heavy atom. The summed E-state index contributed by atoms with van der Waals surface area (Å²) in [6.45, 7) is 0. The summed E-state index contributed by atoms with van der Waals surface area (Å²) < 4.78 is 34.9. The first-order chi connectivity index (χ1) is 6.94. The maximum absolute atomic E-state index is 10.8. The third-order valence-electron chi connectivity index (χ3n) is 4.38. The minimum Gasteiger partial charge on any atom is -0.735 e. The molecule has 0 aromatic rings. The molecule has 4 fully saturated rings. The molecule has 4 saturated carbocycles. The molecule has 1 N–H and O–H groups in total. The van der Waals surface area contributed by atoms with Gasteiger partial charge in [0.1, 0.15) is 0 Å². The van der Waals surface area contributed by atoms with E-state index in [2.05, 4.69) is 4.72 Å². The minimum absolute atomic E-state index is 0. The maximum atomic E-state index is 10.8. The van der Waals surface area contributed by atoms with Crippen molar-refractivity contribution in [3.63, 3.8) is 0 Å². The molecule has 0 saturated heterocycles. The van der Waals surface area contributed by atoms with E-state index in [1.807, 2.05) is 0 Å². The predicted molar refractivity (Wildman–Crippen MR) is 53.7 cm³/mol. The smallest absolute Gasteiger partial charge is 0.735 e. The summed E-state index contributed by atoms with van der Waals surface area (Å²) in [7, 11) is -4.29. The van der Waals surface area contributed by atoms with E-state index in [1.165, 1.54) is 19.3 Å². The van der Waals surface area contributed by atoms with Crippen molar-refractivity contribution in [1.82, 2.24) is 4.72 Å². The van der Waals surface area contributed by atoms with Crippen LogP contribution in [0.4, 0.5) is 0 Å². The molecule has 0 spiro atoms. The van der Waals surface area contributed by atoms with E-state index in [9.17, 15) is 13.0 Å². The van der Waals surface area contributed by atoms with Crippen molar-refractivity contribution in [1.29, 1.82) is 0 Å². The monoisotopic (exact) mass is 269 g/mol. The van der Waals surface area contributed by atoms with Gasteiger partial charge in [0.2, 0.25) is 0 Å². The first-order valence-electron chi connectivity index (χ1n) is 5.69. The zero-order valence-electron chi connectivity index (χ0n) is 9.61. The summed E-state index contributed by atoms with van der Waals surface area (Å²) in [5.41, 5.74) is -0.366. The van der Waals surface area contributed by atoms with Crippen LogP contribution in [0.3, 0.4) is 0 Å². The van der Waals surface area contributed by atoms with Gasteiger partial charge in [-0.3, -0.25) is 0 Å². The molecular formula is C10H16KNO3S. The molecule has 0 heterocycles. The third-order valence-corrected chi connectivity index (χ3v) is 5.06. The average Bonchev–Trinajstić information content (AvgIpc) is 1.94. The van der Waals surface area contributed by atoms with Gasteiger partial charge in [0.25, 0.3) is 0 Å². The molecular weight excluding hydrogens is 253 g/mol. The summed E-state index contributed by atoms with van der Waals surface area (Å²) >= 11 is 0.